The molecule has 0 spiro atoms. The van der Waals surface area contributed by atoms with E-state index in [0.717, 1.165) is 9.24 Å². The van der Waals surface area contributed by atoms with Gasteiger partial charge in [0.25, 0.3) is 0 Å². The summed E-state index contributed by atoms with van der Waals surface area (Å²) in [6.45, 7) is 0. The van der Waals surface area contributed by atoms with E-state index in [1.165, 1.54) is 23.1 Å². The number of benzene rings is 1. The Bertz CT molecular complexity index is 544. The minimum Gasteiger partial charge on any atom is -0.409 e. The molecule has 0 aliphatic carbocycles. The quantitative estimate of drug-likeness (QED) is 0.392. The van der Waals surface area contributed by atoms with E-state index in [1.807, 2.05) is 0 Å². The summed E-state index contributed by atoms with van der Waals surface area (Å²) in [6.07, 6.45) is 0. The van der Waals surface area contributed by atoms with Gasteiger partial charge in [0.2, 0.25) is 0 Å². The molecule has 0 unspecified atom stereocenters. The summed E-state index contributed by atoms with van der Waals surface area (Å²) in [5.41, 5.74) is 7.80. The molecule has 2 rings (SSSR count). The average molecular weight is 287 g/mol. The number of hydrogen-bond acceptors (Lipinski definition) is 6. The second kappa shape index (κ2) is 5.35. The first kappa shape index (κ1) is 12.2. The van der Waals surface area contributed by atoms with E-state index in [-0.39, 0.29) is 5.84 Å². The first-order valence-corrected chi connectivity index (χ1v) is 6.49. The molecule has 88 valence electrons. The number of nitrogens with two attached hydrogens (primary N) is 1. The van der Waals surface area contributed by atoms with Crippen molar-refractivity contribution >= 4 is 40.5 Å². The first-order valence-electron chi connectivity index (χ1n) is 4.42. The number of aromatic nitrogens is 2. The Kier molecular flexibility index (Phi) is 3.82. The van der Waals surface area contributed by atoms with Crippen LogP contribution in [0.25, 0.3) is 0 Å². The number of amidine groups is 1. The molecular formula is C9H7ClN4OS2. The van der Waals surface area contributed by atoms with Crippen molar-refractivity contribution in [3.05, 3.63) is 34.3 Å². The van der Waals surface area contributed by atoms with Crippen LogP contribution in [0, 0.1) is 0 Å². The monoisotopic (exact) mass is 286 g/mol. The Hall–Kier alpha value is -1.31. The molecule has 1 heterocycles. The third-order valence-electron chi connectivity index (χ3n) is 1.86. The van der Waals surface area contributed by atoms with Crippen LogP contribution in [0.4, 0.5) is 0 Å². The third kappa shape index (κ3) is 2.87. The highest BCUT2D eigenvalue weighted by Gasteiger charge is 2.11. The molecular weight excluding hydrogens is 280 g/mol. The smallest absolute Gasteiger partial charge is 0.178 e. The van der Waals surface area contributed by atoms with Crippen LogP contribution in [-0.4, -0.2) is 21.2 Å². The van der Waals surface area contributed by atoms with Crippen molar-refractivity contribution in [2.75, 3.05) is 0 Å². The lowest BCUT2D eigenvalue weighted by Gasteiger charge is -2.06. The van der Waals surface area contributed by atoms with Crippen LogP contribution in [0.3, 0.4) is 0 Å². The molecule has 0 saturated carbocycles. The number of halogens is 1. The van der Waals surface area contributed by atoms with Gasteiger partial charge in [-0.25, -0.2) is 0 Å². The summed E-state index contributed by atoms with van der Waals surface area (Å²) >= 11 is 8.68. The molecule has 17 heavy (non-hydrogen) atoms. The lowest BCUT2D eigenvalue weighted by Crippen LogP contribution is -2.14. The SMILES string of the molecule is NC(=NO)c1cc(Cl)ccc1Sc1nncs1. The zero-order chi connectivity index (χ0) is 12.3. The predicted molar refractivity (Wildman–Crippen MR) is 68.0 cm³/mol. The minimum atomic E-state index is 0.0134. The summed E-state index contributed by atoms with van der Waals surface area (Å²) < 4.78 is 0.777. The molecule has 0 fully saturated rings. The van der Waals surface area contributed by atoms with E-state index in [9.17, 15) is 0 Å². The maximum absolute atomic E-state index is 8.71. The molecule has 0 aliphatic rings. The summed E-state index contributed by atoms with van der Waals surface area (Å²) in [4.78, 5) is 0.807. The second-order valence-electron chi connectivity index (χ2n) is 2.93. The number of nitrogens with zero attached hydrogens (tertiary/aromatic N) is 3. The Morgan fingerprint density at radius 3 is 3.00 bits per heavy atom. The maximum Gasteiger partial charge on any atom is 0.178 e. The van der Waals surface area contributed by atoms with Gasteiger partial charge in [0, 0.05) is 15.5 Å². The third-order valence-corrected chi connectivity index (χ3v) is 3.95. The standard InChI is InChI=1S/C9H7ClN4OS2/c10-5-1-2-7(6(3-5)8(11)14-15)17-9-13-12-4-16-9/h1-4,15H,(H2,11,14). The Labute approximate surface area is 110 Å². The zero-order valence-electron chi connectivity index (χ0n) is 8.37. The molecule has 3 N–H and O–H groups in total. The van der Waals surface area contributed by atoms with Gasteiger partial charge < -0.3 is 10.9 Å². The highest BCUT2D eigenvalue weighted by Crippen LogP contribution is 2.32. The highest BCUT2D eigenvalue weighted by atomic mass is 35.5. The molecule has 0 atom stereocenters. The zero-order valence-corrected chi connectivity index (χ0v) is 10.8. The molecule has 0 bridgehead atoms. The summed E-state index contributed by atoms with van der Waals surface area (Å²) in [6, 6.07) is 5.17. The van der Waals surface area contributed by atoms with Gasteiger partial charge in [0.1, 0.15) is 5.51 Å². The van der Waals surface area contributed by atoms with Crippen LogP contribution in [0.15, 0.2) is 38.1 Å². The number of oxime groups is 1. The summed E-state index contributed by atoms with van der Waals surface area (Å²) in [7, 11) is 0. The van der Waals surface area contributed by atoms with Crippen molar-refractivity contribution in [3.63, 3.8) is 0 Å². The maximum atomic E-state index is 8.71. The van der Waals surface area contributed by atoms with Gasteiger partial charge in [0.05, 0.1) is 0 Å². The van der Waals surface area contributed by atoms with Crippen molar-refractivity contribution in [1.29, 1.82) is 0 Å². The van der Waals surface area contributed by atoms with E-state index in [0.29, 0.717) is 10.6 Å². The second-order valence-corrected chi connectivity index (χ2v) is 5.49. The van der Waals surface area contributed by atoms with Crippen LogP contribution in [0.1, 0.15) is 5.56 Å². The van der Waals surface area contributed by atoms with Crippen LogP contribution < -0.4 is 5.73 Å². The Morgan fingerprint density at radius 2 is 2.35 bits per heavy atom. The lowest BCUT2D eigenvalue weighted by molar-refractivity contribution is 0.318. The van der Waals surface area contributed by atoms with E-state index < -0.39 is 0 Å². The Morgan fingerprint density at radius 1 is 1.53 bits per heavy atom. The van der Waals surface area contributed by atoms with Crippen molar-refractivity contribution in [3.8, 4) is 0 Å². The summed E-state index contributed by atoms with van der Waals surface area (Å²) in [5.74, 6) is 0.0134. The fraction of sp³-hybridized carbons (Fsp3) is 0. The van der Waals surface area contributed by atoms with Gasteiger partial charge in [0.15, 0.2) is 10.2 Å². The molecule has 0 aliphatic heterocycles. The van der Waals surface area contributed by atoms with Crippen molar-refractivity contribution in [1.82, 2.24) is 10.2 Å². The van der Waals surface area contributed by atoms with Gasteiger partial charge in [-0.3, -0.25) is 0 Å². The lowest BCUT2D eigenvalue weighted by atomic mass is 10.2. The molecule has 8 heteroatoms. The highest BCUT2D eigenvalue weighted by molar-refractivity contribution is 8.01. The van der Waals surface area contributed by atoms with E-state index >= 15 is 0 Å². The van der Waals surface area contributed by atoms with Crippen LogP contribution in [0.5, 0.6) is 0 Å². The predicted octanol–water partition coefficient (Wildman–Crippen LogP) is 2.44. The molecule has 0 radical (unpaired) electrons. The van der Waals surface area contributed by atoms with Gasteiger partial charge in [-0.2, -0.15) is 0 Å². The topological polar surface area (TPSA) is 84.4 Å². The average Bonchev–Trinajstić information content (AvgIpc) is 2.83. The fourth-order valence-electron chi connectivity index (χ4n) is 1.15. The normalized spacial score (nSPS) is 11.7. The van der Waals surface area contributed by atoms with Crippen molar-refractivity contribution < 1.29 is 5.21 Å². The van der Waals surface area contributed by atoms with Crippen molar-refractivity contribution in [2.24, 2.45) is 10.9 Å². The molecule has 0 amide bonds. The molecule has 0 saturated heterocycles. The van der Waals surface area contributed by atoms with E-state index in [2.05, 4.69) is 15.4 Å². The van der Waals surface area contributed by atoms with Crippen LogP contribution in [0.2, 0.25) is 5.02 Å². The van der Waals surface area contributed by atoms with Gasteiger partial charge in [-0.05, 0) is 18.2 Å². The fourth-order valence-corrected chi connectivity index (χ4v) is 2.87. The molecule has 1 aromatic heterocycles. The molecule has 2 aromatic rings. The van der Waals surface area contributed by atoms with E-state index in [4.69, 9.17) is 22.5 Å². The number of hydrogen-bond donors (Lipinski definition) is 2. The minimum absolute atomic E-state index is 0.0134. The first-order chi connectivity index (χ1) is 8.20. The molecule has 1 aromatic carbocycles. The van der Waals surface area contributed by atoms with Gasteiger partial charge in [-0.15, -0.1) is 10.2 Å². The number of rotatable bonds is 3. The van der Waals surface area contributed by atoms with Crippen LogP contribution in [-0.2, 0) is 0 Å². The van der Waals surface area contributed by atoms with E-state index in [1.54, 1.807) is 23.7 Å². The van der Waals surface area contributed by atoms with Crippen molar-refractivity contribution in [2.45, 2.75) is 9.24 Å². The summed E-state index contributed by atoms with van der Waals surface area (Å²) in [5, 5.41) is 19.9. The van der Waals surface area contributed by atoms with Gasteiger partial charge in [-0.1, -0.05) is 39.9 Å². The largest absolute Gasteiger partial charge is 0.409 e. The van der Waals surface area contributed by atoms with Gasteiger partial charge >= 0.3 is 0 Å². The molecule has 5 nitrogen and oxygen atoms in total. The Balaban J connectivity index is 2.39. The van der Waals surface area contributed by atoms with Crippen LogP contribution >= 0.6 is 34.7 Å².